The Hall–Kier alpha value is -3.56. The number of piperazine rings is 1. The smallest absolute Gasteiger partial charge is 0.238 e. The third kappa shape index (κ3) is 6.35. The van der Waals surface area contributed by atoms with Crippen LogP contribution in [-0.4, -0.2) is 87.6 Å². The predicted octanol–water partition coefficient (Wildman–Crippen LogP) is 2.61. The minimum Gasteiger partial charge on any atom is -0.339 e. The number of rotatable bonds is 9. The van der Waals surface area contributed by atoms with Gasteiger partial charge in [0.1, 0.15) is 12.7 Å². The summed E-state index contributed by atoms with van der Waals surface area (Å²) in [6.45, 7) is 7.51. The highest BCUT2D eigenvalue weighted by Crippen LogP contribution is 2.20. The SMILES string of the molecule is CCc1ccccc1NC(=O)CN1CCN(C(=O)CN(C)C(C)c2ccc(-n3cncn3)cc2)CC1. The first kappa shape index (κ1) is 25.5. The second-order valence-electron chi connectivity index (χ2n) is 9.24. The van der Waals surface area contributed by atoms with Crippen LogP contribution in [0.25, 0.3) is 5.69 Å². The molecule has 1 aromatic heterocycles. The maximum absolute atomic E-state index is 13.0. The van der Waals surface area contributed by atoms with Crippen LogP contribution in [0.3, 0.4) is 0 Å². The Balaban J connectivity index is 1.22. The number of carbonyl (C=O) groups is 2. The van der Waals surface area contributed by atoms with Gasteiger partial charge in [-0.25, -0.2) is 9.67 Å². The van der Waals surface area contributed by atoms with E-state index in [-0.39, 0.29) is 17.9 Å². The van der Waals surface area contributed by atoms with Crippen molar-refractivity contribution in [1.82, 2.24) is 29.5 Å². The van der Waals surface area contributed by atoms with E-state index in [9.17, 15) is 9.59 Å². The minimum absolute atomic E-state index is 0.0147. The van der Waals surface area contributed by atoms with Crippen LogP contribution in [0.4, 0.5) is 5.69 Å². The van der Waals surface area contributed by atoms with E-state index < -0.39 is 0 Å². The fourth-order valence-electron chi connectivity index (χ4n) is 4.45. The van der Waals surface area contributed by atoms with Crippen LogP contribution in [0, 0.1) is 0 Å². The molecule has 3 aromatic rings. The monoisotopic (exact) mass is 489 g/mol. The molecule has 1 atom stereocenters. The van der Waals surface area contributed by atoms with Gasteiger partial charge < -0.3 is 10.2 Å². The number of para-hydroxylation sites is 1. The molecule has 1 unspecified atom stereocenters. The Labute approximate surface area is 212 Å². The maximum Gasteiger partial charge on any atom is 0.238 e. The van der Waals surface area contributed by atoms with E-state index in [0.717, 1.165) is 28.9 Å². The molecule has 0 radical (unpaired) electrons. The first-order chi connectivity index (χ1) is 17.4. The van der Waals surface area contributed by atoms with Gasteiger partial charge in [0.25, 0.3) is 0 Å². The van der Waals surface area contributed by atoms with Crippen LogP contribution in [0.1, 0.15) is 31.0 Å². The number of hydrogen-bond acceptors (Lipinski definition) is 6. The van der Waals surface area contributed by atoms with Crippen molar-refractivity contribution in [2.75, 3.05) is 51.6 Å². The van der Waals surface area contributed by atoms with E-state index >= 15 is 0 Å². The number of likely N-dealkylation sites (N-methyl/N-ethyl adjacent to an activating group) is 1. The van der Waals surface area contributed by atoms with Gasteiger partial charge in [-0.2, -0.15) is 5.10 Å². The van der Waals surface area contributed by atoms with Crippen molar-refractivity contribution in [3.05, 3.63) is 72.3 Å². The normalized spacial score (nSPS) is 15.2. The van der Waals surface area contributed by atoms with E-state index in [4.69, 9.17) is 0 Å². The lowest BCUT2D eigenvalue weighted by Crippen LogP contribution is -2.52. The van der Waals surface area contributed by atoms with Crippen molar-refractivity contribution < 1.29 is 9.59 Å². The van der Waals surface area contributed by atoms with E-state index in [1.54, 1.807) is 11.0 Å². The fourth-order valence-corrected chi connectivity index (χ4v) is 4.45. The highest BCUT2D eigenvalue weighted by atomic mass is 16.2. The van der Waals surface area contributed by atoms with Gasteiger partial charge in [0.05, 0.1) is 18.8 Å². The summed E-state index contributed by atoms with van der Waals surface area (Å²) < 4.78 is 1.72. The van der Waals surface area contributed by atoms with Gasteiger partial charge in [0, 0.05) is 37.9 Å². The average Bonchev–Trinajstić information content (AvgIpc) is 3.44. The standard InChI is InChI=1S/C27H35N7O2/c1-4-22-7-5-6-8-25(22)30-26(35)17-32-13-15-33(16-14-32)27(36)18-31(3)21(2)23-9-11-24(12-10-23)34-20-28-19-29-34/h5-12,19-21H,4,13-18H2,1-3H3,(H,30,35). The quantitative estimate of drug-likeness (QED) is 0.497. The summed E-state index contributed by atoms with van der Waals surface area (Å²) in [7, 11) is 1.97. The largest absolute Gasteiger partial charge is 0.339 e. The molecular weight excluding hydrogens is 454 g/mol. The van der Waals surface area contributed by atoms with Gasteiger partial charge in [0.15, 0.2) is 0 Å². The van der Waals surface area contributed by atoms with Crippen molar-refractivity contribution in [2.24, 2.45) is 0 Å². The van der Waals surface area contributed by atoms with Crippen molar-refractivity contribution in [1.29, 1.82) is 0 Å². The van der Waals surface area contributed by atoms with Gasteiger partial charge in [-0.05, 0) is 49.7 Å². The lowest BCUT2D eigenvalue weighted by molar-refractivity contribution is -0.134. The number of nitrogens with one attached hydrogen (secondary N) is 1. The van der Waals surface area contributed by atoms with Crippen molar-refractivity contribution in [2.45, 2.75) is 26.3 Å². The average molecular weight is 490 g/mol. The Morgan fingerprint density at radius 3 is 2.44 bits per heavy atom. The molecule has 1 N–H and O–H groups in total. The molecule has 1 aliphatic rings. The number of aryl methyl sites for hydroxylation is 1. The minimum atomic E-state index is -0.0147. The molecule has 0 aliphatic carbocycles. The fraction of sp³-hybridized carbons (Fsp3) is 0.407. The Bertz CT molecular complexity index is 1140. The van der Waals surface area contributed by atoms with E-state index in [1.807, 2.05) is 48.3 Å². The van der Waals surface area contributed by atoms with Crippen LogP contribution < -0.4 is 5.32 Å². The summed E-state index contributed by atoms with van der Waals surface area (Å²) in [5.41, 5.74) is 4.09. The Morgan fingerprint density at radius 2 is 1.78 bits per heavy atom. The summed E-state index contributed by atoms with van der Waals surface area (Å²) in [6, 6.07) is 16.1. The van der Waals surface area contributed by atoms with Gasteiger partial charge in [-0.15, -0.1) is 0 Å². The lowest BCUT2D eigenvalue weighted by atomic mass is 10.1. The van der Waals surface area contributed by atoms with Gasteiger partial charge in [-0.3, -0.25) is 19.4 Å². The number of nitrogens with zero attached hydrogens (tertiary/aromatic N) is 6. The van der Waals surface area contributed by atoms with Crippen LogP contribution in [0.5, 0.6) is 0 Å². The molecule has 2 heterocycles. The van der Waals surface area contributed by atoms with Crippen LogP contribution in [0.2, 0.25) is 0 Å². The highest BCUT2D eigenvalue weighted by Gasteiger charge is 2.24. The summed E-state index contributed by atoms with van der Waals surface area (Å²) >= 11 is 0. The van der Waals surface area contributed by atoms with Gasteiger partial charge >= 0.3 is 0 Å². The topological polar surface area (TPSA) is 86.6 Å². The Kier molecular flexibility index (Phi) is 8.45. The molecule has 2 aromatic carbocycles. The van der Waals surface area contributed by atoms with E-state index in [1.165, 1.54) is 6.33 Å². The van der Waals surface area contributed by atoms with Crippen molar-refractivity contribution in [3.8, 4) is 5.69 Å². The van der Waals surface area contributed by atoms with Crippen LogP contribution in [-0.2, 0) is 16.0 Å². The van der Waals surface area contributed by atoms with E-state index in [2.05, 4.69) is 51.2 Å². The number of carbonyl (C=O) groups excluding carboxylic acids is 2. The van der Waals surface area contributed by atoms with Crippen molar-refractivity contribution in [3.63, 3.8) is 0 Å². The Morgan fingerprint density at radius 1 is 1.06 bits per heavy atom. The zero-order chi connectivity index (χ0) is 25.5. The second kappa shape index (κ2) is 11.9. The second-order valence-corrected chi connectivity index (χ2v) is 9.24. The first-order valence-corrected chi connectivity index (χ1v) is 12.5. The molecule has 0 spiro atoms. The molecule has 1 fully saturated rings. The lowest BCUT2D eigenvalue weighted by Gasteiger charge is -2.35. The molecule has 1 saturated heterocycles. The number of amides is 2. The van der Waals surface area contributed by atoms with E-state index in [0.29, 0.717) is 39.3 Å². The number of hydrogen-bond donors (Lipinski definition) is 1. The summed E-state index contributed by atoms with van der Waals surface area (Å²) in [5, 5.41) is 7.19. The van der Waals surface area contributed by atoms with Gasteiger partial charge in [-0.1, -0.05) is 37.3 Å². The predicted molar refractivity (Wildman–Crippen MR) is 140 cm³/mol. The van der Waals surface area contributed by atoms with Gasteiger partial charge in [0.2, 0.25) is 11.8 Å². The number of anilines is 1. The summed E-state index contributed by atoms with van der Waals surface area (Å²) in [6.07, 6.45) is 4.05. The van der Waals surface area contributed by atoms with Crippen LogP contribution in [0.15, 0.2) is 61.2 Å². The molecule has 2 amide bonds. The zero-order valence-electron chi connectivity index (χ0n) is 21.3. The molecule has 1 aliphatic heterocycles. The molecule has 36 heavy (non-hydrogen) atoms. The molecule has 9 heteroatoms. The first-order valence-electron chi connectivity index (χ1n) is 12.5. The molecule has 4 rings (SSSR count). The van der Waals surface area contributed by atoms with Crippen LogP contribution >= 0.6 is 0 Å². The molecule has 0 bridgehead atoms. The summed E-state index contributed by atoms with van der Waals surface area (Å²) in [4.78, 5) is 35.6. The van der Waals surface area contributed by atoms with Crippen molar-refractivity contribution >= 4 is 17.5 Å². The number of aromatic nitrogens is 3. The molecule has 9 nitrogen and oxygen atoms in total. The third-order valence-electron chi connectivity index (χ3n) is 6.87. The maximum atomic E-state index is 13.0. The third-order valence-corrected chi connectivity index (χ3v) is 6.87. The zero-order valence-corrected chi connectivity index (χ0v) is 21.3. The summed E-state index contributed by atoms with van der Waals surface area (Å²) in [5.74, 6) is 0.101. The highest BCUT2D eigenvalue weighted by molar-refractivity contribution is 5.93. The molecule has 190 valence electrons. The molecule has 0 saturated carbocycles. The molecular formula is C27H35N7O2. The number of benzene rings is 2.